The van der Waals surface area contributed by atoms with E-state index in [9.17, 15) is 0 Å². The fourth-order valence-electron chi connectivity index (χ4n) is 7.53. The Bertz CT molecular complexity index is 3080. The lowest BCUT2D eigenvalue weighted by Crippen LogP contribution is -1.92. The Labute approximate surface area is 291 Å². The van der Waals surface area contributed by atoms with Crippen molar-refractivity contribution in [3.05, 3.63) is 182 Å². The topological polar surface area (TPSA) is 13.1 Å². The number of benzene rings is 9. The monoisotopic (exact) mass is 627 g/mol. The largest absolute Gasteiger partial charge is 0.456 e. The predicted octanol–water partition coefficient (Wildman–Crippen LogP) is 13.7. The van der Waals surface area contributed by atoms with Crippen LogP contribution in [0.2, 0.25) is 0 Å². The third kappa shape index (κ3) is 4.47. The van der Waals surface area contributed by atoms with Gasteiger partial charge in [0, 0.05) is 10.8 Å². The van der Waals surface area contributed by atoms with Gasteiger partial charge < -0.3 is 4.42 Å². The van der Waals surface area contributed by atoms with Gasteiger partial charge in [-0.05, 0) is 107 Å². The van der Waals surface area contributed by atoms with E-state index in [0.29, 0.717) is 5.56 Å². The van der Waals surface area contributed by atoms with E-state index in [4.69, 9.17) is 11.3 Å². The molecule has 0 aliphatic carbocycles. The minimum atomic E-state index is -0.409. The number of hydrogen-bond donors (Lipinski definition) is 0. The van der Waals surface area contributed by atoms with Gasteiger partial charge >= 0.3 is 0 Å². The standard InChI is InChI=1S/C48H30O/c1-3-13-31(14-4-1)37-25-23-35(28-42(37)32-15-5-2-6-16-32)47-38-19-9-11-21-40(38)48(41-22-12-10-20-39(41)47)36-24-26-45-43(29-36)44-27-33-17-7-8-18-34(33)30-46(44)49-45/h1-30H/i2D,5D,6D,15D,16D. The van der Waals surface area contributed by atoms with Crippen molar-refractivity contribution in [2.45, 2.75) is 0 Å². The zero-order chi connectivity index (χ0) is 36.7. The van der Waals surface area contributed by atoms with Crippen LogP contribution in [0.4, 0.5) is 0 Å². The minimum Gasteiger partial charge on any atom is -0.456 e. The summed E-state index contributed by atoms with van der Waals surface area (Å²) in [6, 6.07) is 50.3. The van der Waals surface area contributed by atoms with Crippen LogP contribution in [0.1, 0.15) is 6.85 Å². The third-order valence-electron chi connectivity index (χ3n) is 9.72. The lowest BCUT2D eigenvalue weighted by molar-refractivity contribution is 0.669. The maximum atomic E-state index is 8.95. The summed E-state index contributed by atoms with van der Waals surface area (Å²) in [6.07, 6.45) is 0. The Morgan fingerprint density at radius 1 is 0.347 bits per heavy atom. The smallest absolute Gasteiger partial charge is 0.136 e. The number of furan rings is 1. The van der Waals surface area contributed by atoms with Crippen molar-refractivity contribution in [2.75, 3.05) is 0 Å². The fraction of sp³-hybridized carbons (Fsp3) is 0. The van der Waals surface area contributed by atoms with Gasteiger partial charge in [0.05, 0.1) is 6.85 Å². The van der Waals surface area contributed by atoms with Crippen molar-refractivity contribution in [3.8, 4) is 44.5 Å². The molecule has 0 spiro atoms. The molecule has 1 nitrogen and oxygen atoms in total. The molecular formula is C48H30O. The second-order valence-corrected chi connectivity index (χ2v) is 12.5. The number of rotatable bonds is 4. The first-order valence-corrected chi connectivity index (χ1v) is 16.4. The van der Waals surface area contributed by atoms with Crippen molar-refractivity contribution in [2.24, 2.45) is 0 Å². The Morgan fingerprint density at radius 2 is 0.898 bits per heavy atom. The molecule has 0 saturated heterocycles. The summed E-state index contributed by atoms with van der Waals surface area (Å²) in [7, 11) is 0. The lowest BCUT2D eigenvalue weighted by Gasteiger charge is -2.19. The summed E-state index contributed by atoms with van der Waals surface area (Å²) >= 11 is 0. The molecule has 10 rings (SSSR count). The molecule has 49 heavy (non-hydrogen) atoms. The highest BCUT2D eigenvalue weighted by Crippen LogP contribution is 2.46. The van der Waals surface area contributed by atoms with Crippen molar-refractivity contribution in [1.29, 1.82) is 0 Å². The van der Waals surface area contributed by atoms with E-state index in [1.54, 1.807) is 0 Å². The van der Waals surface area contributed by atoms with Crippen LogP contribution in [0.3, 0.4) is 0 Å². The Balaban J connectivity index is 1.26. The van der Waals surface area contributed by atoms with E-state index in [-0.39, 0.29) is 29.7 Å². The van der Waals surface area contributed by atoms with Crippen LogP contribution in [-0.4, -0.2) is 0 Å². The van der Waals surface area contributed by atoms with Crippen LogP contribution in [0.5, 0.6) is 0 Å². The molecule has 0 amide bonds. The van der Waals surface area contributed by atoms with Crippen molar-refractivity contribution in [3.63, 3.8) is 0 Å². The van der Waals surface area contributed by atoms with E-state index in [2.05, 4.69) is 103 Å². The van der Waals surface area contributed by atoms with E-state index in [1.807, 2.05) is 48.5 Å². The quantitative estimate of drug-likeness (QED) is 0.177. The normalized spacial score (nSPS) is 13.1. The van der Waals surface area contributed by atoms with Crippen LogP contribution in [0.15, 0.2) is 186 Å². The molecule has 0 aliphatic heterocycles. The van der Waals surface area contributed by atoms with Crippen LogP contribution >= 0.6 is 0 Å². The minimum absolute atomic E-state index is 0.181. The van der Waals surface area contributed by atoms with E-state index in [0.717, 1.165) is 82.3 Å². The molecule has 228 valence electrons. The van der Waals surface area contributed by atoms with Gasteiger partial charge in [0.25, 0.3) is 0 Å². The van der Waals surface area contributed by atoms with Gasteiger partial charge in [-0.3, -0.25) is 0 Å². The molecule has 0 saturated carbocycles. The SMILES string of the molecule is [2H]c1c([2H])c([2H])c(-c2cc(-c3c4ccccc4c(-c4ccc5oc6cc7ccccc7cc6c5c4)c4ccccc34)ccc2-c2ccccc2)c([2H])c1[2H]. The van der Waals surface area contributed by atoms with Gasteiger partial charge in [-0.25, -0.2) is 0 Å². The summed E-state index contributed by atoms with van der Waals surface area (Å²) in [5.74, 6) is 0. The van der Waals surface area contributed by atoms with Crippen molar-refractivity contribution < 1.29 is 11.3 Å². The third-order valence-corrected chi connectivity index (χ3v) is 9.72. The Hall–Kier alpha value is -6.44. The van der Waals surface area contributed by atoms with Crippen LogP contribution < -0.4 is 0 Å². The summed E-state index contributed by atoms with van der Waals surface area (Å²) in [5, 5.41) is 8.71. The second kappa shape index (κ2) is 11.1. The highest BCUT2D eigenvalue weighted by molar-refractivity contribution is 6.22. The molecule has 10 aromatic rings. The van der Waals surface area contributed by atoms with Crippen LogP contribution in [0.25, 0.3) is 98.8 Å². The van der Waals surface area contributed by atoms with Gasteiger partial charge in [-0.1, -0.05) is 152 Å². The summed E-state index contributed by atoms with van der Waals surface area (Å²) in [4.78, 5) is 0. The Morgan fingerprint density at radius 3 is 1.57 bits per heavy atom. The first kappa shape index (κ1) is 23.0. The lowest BCUT2D eigenvalue weighted by atomic mass is 9.84. The van der Waals surface area contributed by atoms with Crippen molar-refractivity contribution >= 4 is 54.3 Å². The Kier molecular flexibility index (Phi) is 5.20. The predicted molar refractivity (Wildman–Crippen MR) is 208 cm³/mol. The highest BCUT2D eigenvalue weighted by Gasteiger charge is 2.19. The summed E-state index contributed by atoms with van der Waals surface area (Å²) in [6.45, 7) is 0. The fourth-order valence-corrected chi connectivity index (χ4v) is 7.53. The van der Waals surface area contributed by atoms with E-state index in [1.165, 1.54) is 5.39 Å². The highest BCUT2D eigenvalue weighted by atomic mass is 16.3. The first-order chi connectivity index (χ1) is 26.4. The molecule has 0 radical (unpaired) electrons. The van der Waals surface area contributed by atoms with E-state index < -0.39 is 6.04 Å². The molecule has 0 bridgehead atoms. The van der Waals surface area contributed by atoms with Gasteiger partial charge in [0.15, 0.2) is 0 Å². The average Bonchev–Trinajstić information content (AvgIpc) is 3.57. The molecule has 9 aromatic carbocycles. The molecule has 0 atom stereocenters. The molecule has 0 aliphatic rings. The molecule has 0 N–H and O–H groups in total. The second-order valence-electron chi connectivity index (χ2n) is 12.5. The number of fused-ring (bicyclic) bond motifs is 6. The van der Waals surface area contributed by atoms with Gasteiger partial charge in [0.1, 0.15) is 11.2 Å². The molecule has 1 aromatic heterocycles. The maximum absolute atomic E-state index is 8.95. The molecular weight excluding hydrogens is 593 g/mol. The van der Waals surface area contributed by atoms with Gasteiger partial charge in [-0.2, -0.15) is 0 Å². The summed E-state index contributed by atoms with van der Waals surface area (Å²) in [5.41, 5.74) is 8.25. The van der Waals surface area contributed by atoms with Crippen LogP contribution in [0, 0.1) is 0 Å². The van der Waals surface area contributed by atoms with E-state index >= 15 is 0 Å². The first-order valence-electron chi connectivity index (χ1n) is 18.9. The average molecular weight is 628 g/mol. The molecule has 1 heterocycles. The maximum Gasteiger partial charge on any atom is 0.136 e. The number of hydrogen-bond acceptors (Lipinski definition) is 1. The zero-order valence-electron chi connectivity index (χ0n) is 31.3. The molecule has 0 fully saturated rings. The van der Waals surface area contributed by atoms with Crippen LogP contribution in [-0.2, 0) is 0 Å². The van der Waals surface area contributed by atoms with Crippen molar-refractivity contribution in [1.82, 2.24) is 0 Å². The molecule has 1 heteroatoms. The zero-order valence-corrected chi connectivity index (χ0v) is 26.3. The summed E-state index contributed by atoms with van der Waals surface area (Å²) < 4.78 is 49.5. The molecule has 0 unspecified atom stereocenters. The van der Waals surface area contributed by atoms with Gasteiger partial charge in [-0.15, -0.1) is 0 Å². The van der Waals surface area contributed by atoms with Gasteiger partial charge in [0.2, 0.25) is 0 Å².